The van der Waals surface area contributed by atoms with Crippen molar-refractivity contribution < 1.29 is 4.39 Å². The molecule has 2 aromatic rings. The van der Waals surface area contributed by atoms with Gasteiger partial charge in [-0.1, -0.05) is 24.3 Å². The van der Waals surface area contributed by atoms with Gasteiger partial charge in [-0.25, -0.2) is 9.07 Å². The summed E-state index contributed by atoms with van der Waals surface area (Å²) in [6.07, 6.45) is 2.43. The summed E-state index contributed by atoms with van der Waals surface area (Å²) in [7, 11) is 0. The highest BCUT2D eigenvalue weighted by Crippen LogP contribution is 2.23. The van der Waals surface area contributed by atoms with E-state index in [0.29, 0.717) is 11.4 Å². The van der Waals surface area contributed by atoms with Crippen molar-refractivity contribution in [1.29, 1.82) is 0 Å². The van der Waals surface area contributed by atoms with E-state index in [2.05, 4.69) is 10.3 Å². The third kappa shape index (κ3) is 2.31. The SMILES string of the molecule is CCC(Cl)c1cn(-c2c(C)cccc2F)nn1. The molecular weight excluding hydrogens is 241 g/mol. The molecule has 0 radical (unpaired) electrons. The van der Waals surface area contributed by atoms with Crippen molar-refractivity contribution >= 4 is 11.6 Å². The predicted molar refractivity (Wildman–Crippen MR) is 64.9 cm³/mol. The average molecular weight is 254 g/mol. The lowest BCUT2D eigenvalue weighted by Gasteiger charge is -2.05. The van der Waals surface area contributed by atoms with Crippen molar-refractivity contribution in [3.8, 4) is 5.69 Å². The number of para-hydroxylation sites is 1. The molecule has 0 amide bonds. The normalized spacial score (nSPS) is 12.7. The van der Waals surface area contributed by atoms with Gasteiger partial charge in [0.1, 0.15) is 17.2 Å². The average Bonchev–Trinajstić information content (AvgIpc) is 2.77. The summed E-state index contributed by atoms with van der Waals surface area (Å²) in [6.45, 7) is 3.79. The third-order valence-corrected chi connectivity index (χ3v) is 3.14. The van der Waals surface area contributed by atoms with Crippen LogP contribution in [-0.4, -0.2) is 15.0 Å². The Morgan fingerprint density at radius 3 is 2.88 bits per heavy atom. The van der Waals surface area contributed by atoms with Gasteiger partial charge in [0, 0.05) is 0 Å². The van der Waals surface area contributed by atoms with Crippen LogP contribution in [0.3, 0.4) is 0 Å². The van der Waals surface area contributed by atoms with Gasteiger partial charge < -0.3 is 0 Å². The molecule has 0 aliphatic carbocycles. The van der Waals surface area contributed by atoms with E-state index >= 15 is 0 Å². The van der Waals surface area contributed by atoms with E-state index < -0.39 is 0 Å². The van der Waals surface area contributed by atoms with E-state index in [1.54, 1.807) is 12.3 Å². The van der Waals surface area contributed by atoms with Gasteiger partial charge in [-0.3, -0.25) is 0 Å². The molecule has 1 atom stereocenters. The minimum atomic E-state index is -0.316. The maximum atomic E-state index is 13.7. The van der Waals surface area contributed by atoms with E-state index in [1.165, 1.54) is 10.7 Å². The van der Waals surface area contributed by atoms with Crippen molar-refractivity contribution in [2.24, 2.45) is 0 Å². The molecule has 1 heterocycles. The Balaban J connectivity index is 2.44. The van der Waals surface area contributed by atoms with Crippen LogP contribution in [0.15, 0.2) is 24.4 Å². The lowest BCUT2D eigenvalue weighted by atomic mass is 10.2. The Morgan fingerprint density at radius 1 is 1.47 bits per heavy atom. The number of hydrogen-bond acceptors (Lipinski definition) is 2. The lowest BCUT2D eigenvalue weighted by molar-refractivity contribution is 0.605. The Morgan fingerprint density at radius 2 is 2.24 bits per heavy atom. The number of hydrogen-bond donors (Lipinski definition) is 0. The lowest BCUT2D eigenvalue weighted by Crippen LogP contribution is -2.01. The quantitative estimate of drug-likeness (QED) is 0.785. The molecule has 0 fully saturated rings. The highest BCUT2D eigenvalue weighted by atomic mass is 35.5. The van der Waals surface area contributed by atoms with E-state index in [4.69, 9.17) is 11.6 Å². The number of benzene rings is 1. The summed E-state index contributed by atoms with van der Waals surface area (Å²) in [4.78, 5) is 0. The van der Waals surface area contributed by atoms with Crippen molar-refractivity contribution in [3.05, 3.63) is 41.5 Å². The maximum Gasteiger partial charge on any atom is 0.149 e. The first-order chi connectivity index (χ1) is 8.13. The minimum absolute atomic E-state index is 0.184. The predicted octanol–water partition coefficient (Wildman–Crippen LogP) is 3.40. The zero-order valence-corrected chi connectivity index (χ0v) is 10.4. The molecule has 0 aliphatic heterocycles. The number of nitrogens with zero attached hydrogens (tertiary/aromatic N) is 3. The first-order valence-corrected chi connectivity index (χ1v) is 5.89. The summed E-state index contributed by atoms with van der Waals surface area (Å²) >= 11 is 6.06. The molecule has 1 aromatic carbocycles. The zero-order valence-electron chi connectivity index (χ0n) is 9.69. The zero-order chi connectivity index (χ0) is 12.4. The van der Waals surface area contributed by atoms with E-state index in [0.717, 1.165) is 12.0 Å². The summed E-state index contributed by atoms with van der Waals surface area (Å²) < 4.78 is 15.1. The standard InChI is InChI=1S/C12H13ClFN3/c1-3-9(13)11-7-17(16-15-11)12-8(2)5-4-6-10(12)14/h4-7,9H,3H2,1-2H3. The van der Waals surface area contributed by atoms with Crippen molar-refractivity contribution in [3.63, 3.8) is 0 Å². The molecule has 0 spiro atoms. The molecule has 0 aliphatic rings. The van der Waals surface area contributed by atoms with E-state index in [1.807, 2.05) is 19.9 Å². The van der Waals surface area contributed by atoms with Gasteiger partial charge in [-0.05, 0) is 25.0 Å². The Kier molecular flexibility index (Phi) is 3.43. The molecule has 5 heteroatoms. The number of aromatic nitrogens is 3. The summed E-state index contributed by atoms with van der Waals surface area (Å²) in [5.41, 5.74) is 1.90. The second-order valence-corrected chi connectivity index (χ2v) is 4.40. The molecule has 1 unspecified atom stereocenters. The Hall–Kier alpha value is -1.42. The highest BCUT2D eigenvalue weighted by molar-refractivity contribution is 6.20. The summed E-state index contributed by atoms with van der Waals surface area (Å²) in [6, 6.07) is 4.90. The fourth-order valence-electron chi connectivity index (χ4n) is 1.65. The van der Waals surface area contributed by atoms with Gasteiger partial charge in [0.25, 0.3) is 0 Å². The molecule has 0 saturated carbocycles. The van der Waals surface area contributed by atoms with Gasteiger partial charge in [-0.15, -0.1) is 16.7 Å². The van der Waals surface area contributed by atoms with Crippen LogP contribution in [0, 0.1) is 12.7 Å². The Labute approximate surface area is 104 Å². The van der Waals surface area contributed by atoms with Crippen LogP contribution in [0.5, 0.6) is 0 Å². The van der Waals surface area contributed by atoms with Crippen LogP contribution >= 0.6 is 11.6 Å². The molecule has 90 valence electrons. The monoisotopic (exact) mass is 253 g/mol. The number of rotatable bonds is 3. The van der Waals surface area contributed by atoms with Crippen LogP contribution in [-0.2, 0) is 0 Å². The molecule has 0 bridgehead atoms. The van der Waals surface area contributed by atoms with Gasteiger partial charge in [0.2, 0.25) is 0 Å². The summed E-state index contributed by atoms with van der Waals surface area (Å²) in [5.74, 6) is -0.316. The second-order valence-electron chi connectivity index (χ2n) is 3.87. The topological polar surface area (TPSA) is 30.7 Å². The molecule has 1 aromatic heterocycles. The molecule has 0 saturated heterocycles. The minimum Gasteiger partial charge on any atom is -0.217 e. The third-order valence-electron chi connectivity index (χ3n) is 2.61. The maximum absolute atomic E-state index is 13.7. The van der Waals surface area contributed by atoms with Crippen LogP contribution in [0.1, 0.15) is 30.0 Å². The fraction of sp³-hybridized carbons (Fsp3) is 0.333. The van der Waals surface area contributed by atoms with Crippen LogP contribution in [0.25, 0.3) is 5.69 Å². The van der Waals surface area contributed by atoms with Gasteiger partial charge in [0.05, 0.1) is 11.6 Å². The Bertz CT molecular complexity index is 504. The largest absolute Gasteiger partial charge is 0.217 e. The smallest absolute Gasteiger partial charge is 0.149 e. The van der Waals surface area contributed by atoms with Crippen molar-refractivity contribution in [2.75, 3.05) is 0 Å². The van der Waals surface area contributed by atoms with Gasteiger partial charge in [0.15, 0.2) is 0 Å². The van der Waals surface area contributed by atoms with E-state index in [-0.39, 0.29) is 11.2 Å². The summed E-state index contributed by atoms with van der Waals surface area (Å²) in [5, 5.41) is 7.69. The number of alkyl halides is 1. The molecule has 0 N–H and O–H groups in total. The highest BCUT2D eigenvalue weighted by Gasteiger charge is 2.14. The number of aryl methyl sites for hydroxylation is 1. The fourth-order valence-corrected chi connectivity index (χ4v) is 1.75. The molecule has 3 nitrogen and oxygen atoms in total. The van der Waals surface area contributed by atoms with Crippen LogP contribution in [0.4, 0.5) is 4.39 Å². The van der Waals surface area contributed by atoms with Crippen LogP contribution in [0.2, 0.25) is 0 Å². The number of halogens is 2. The first-order valence-electron chi connectivity index (χ1n) is 5.45. The van der Waals surface area contributed by atoms with Gasteiger partial charge >= 0.3 is 0 Å². The molecule has 17 heavy (non-hydrogen) atoms. The first kappa shape index (κ1) is 12.0. The van der Waals surface area contributed by atoms with E-state index in [9.17, 15) is 4.39 Å². The van der Waals surface area contributed by atoms with Crippen molar-refractivity contribution in [2.45, 2.75) is 25.6 Å². The molecule has 2 rings (SSSR count). The van der Waals surface area contributed by atoms with Gasteiger partial charge in [-0.2, -0.15) is 0 Å². The van der Waals surface area contributed by atoms with Crippen LogP contribution < -0.4 is 0 Å². The van der Waals surface area contributed by atoms with Crippen molar-refractivity contribution in [1.82, 2.24) is 15.0 Å². The second kappa shape index (κ2) is 4.84. The molecular formula is C12H13ClFN3.